The van der Waals surface area contributed by atoms with E-state index in [1.54, 1.807) is 30.0 Å². The number of nitrogens with one attached hydrogen (secondary N) is 1. The number of hydrogen-bond donors (Lipinski definition) is 2. The first-order valence-corrected chi connectivity index (χ1v) is 9.41. The lowest BCUT2D eigenvalue weighted by molar-refractivity contribution is 0.103. The van der Waals surface area contributed by atoms with Gasteiger partial charge in [-0.2, -0.15) is 0 Å². The van der Waals surface area contributed by atoms with Gasteiger partial charge in [-0.1, -0.05) is 25.8 Å². The van der Waals surface area contributed by atoms with Crippen molar-refractivity contribution in [3.8, 4) is 5.75 Å². The van der Waals surface area contributed by atoms with Crippen molar-refractivity contribution < 1.29 is 9.90 Å². The fourth-order valence-electron chi connectivity index (χ4n) is 2.84. The van der Waals surface area contributed by atoms with Gasteiger partial charge in [0.15, 0.2) is 0 Å². The molecule has 0 aliphatic carbocycles. The second-order valence-electron chi connectivity index (χ2n) is 6.19. The van der Waals surface area contributed by atoms with E-state index >= 15 is 0 Å². The zero-order valence-electron chi connectivity index (χ0n) is 14.8. The summed E-state index contributed by atoms with van der Waals surface area (Å²) in [5, 5.41) is 12.8. The highest BCUT2D eigenvalue weighted by Crippen LogP contribution is 2.28. The van der Waals surface area contributed by atoms with Crippen LogP contribution in [0.25, 0.3) is 10.2 Å². The molecule has 0 radical (unpaired) electrons. The number of fused-ring (bicyclic) bond motifs is 1. The average molecular weight is 371 g/mol. The van der Waals surface area contributed by atoms with Crippen LogP contribution in [0.5, 0.6) is 5.75 Å². The summed E-state index contributed by atoms with van der Waals surface area (Å²) in [6.45, 7) is 4.52. The maximum Gasteiger partial charge on any atom is 0.266 e. The number of phenols is 1. The lowest BCUT2D eigenvalue weighted by atomic mass is 10.2. The maximum absolute atomic E-state index is 12.7. The molecule has 1 aromatic carbocycles. The Bertz CT molecular complexity index is 1010. The highest BCUT2D eigenvalue weighted by Gasteiger charge is 2.19. The molecular weight excluding hydrogens is 350 g/mol. The molecule has 0 bridgehead atoms. The molecule has 7 heteroatoms. The van der Waals surface area contributed by atoms with Gasteiger partial charge in [-0.05, 0) is 31.0 Å². The minimum absolute atomic E-state index is 0.0764. The normalized spacial score (nSPS) is 11.0. The first-order valence-electron chi connectivity index (χ1n) is 8.60. The monoisotopic (exact) mass is 371 g/mol. The number of aromatic hydroxyl groups is 1. The number of hydrogen-bond acceptors (Lipinski definition) is 5. The Morgan fingerprint density at radius 1 is 1.35 bits per heavy atom. The first kappa shape index (κ1) is 18.1. The minimum Gasteiger partial charge on any atom is -0.508 e. The number of amides is 1. The van der Waals surface area contributed by atoms with E-state index in [1.165, 1.54) is 23.5 Å². The molecule has 0 saturated carbocycles. The van der Waals surface area contributed by atoms with Gasteiger partial charge in [0, 0.05) is 18.3 Å². The van der Waals surface area contributed by atoms with Gasteiger partial charge in [-0.25, -0.2) is 4.98 Å². The zero-order valence-corrected chi connectivity index (χ0v) is 15.6. The number of nitrogens with zero attached hydrogens (tertiary/aromatic N) is 2. The Morgan fingerprint density at radius 3 is 2.88 bits per heavy atom. The molecule has 2 heterocycles. The van der Waals surface area contributed by atoms with E-state index in [1.807, 2.05) is 0 Å². The van der Waals surface area contributed by atoms with Gasteiger partial charge in [0.25, 0.3) is 11.5 Å². The van der Waals surface area contributed by atoms with Gasteiger partial charge >= 0.3 is 0 Å². The summed E-state index contributed by atoms with van der Waals surface area (Å²) in [6.07, 6.45) is 4.64. The molecule has 2 aromatic heterocycles. The largest absolute Gasteiger partial charge is 0.508 e. The Labute approximate surface area is 155 Å². The first-order chi connectivity index (χ1) is 12.5. The quantitative estimate of drug-likeness (QED) is 0.643. The van der Waals surface area contributed by atoms with Gasteiger partial charge < -0.3 is 10.4 Å². The number of aromatic nitrogens is 2. The number of thiophene rings is 1. The van der Waals surface area contributed by atoms with Crippen LogP contribution in [0.3, 0.4) is 0 Å². The van der Waals surface area contributed by atoms with E-state index in [0.29, 0.717) is 32.9 Å². The second kappa shape index (κ2) is 7.70. The van der Waals surface area contributed by atoms with Gasteiger partial charge in [-0.15, -0.1) is 11.3 Å². The van der Waals surface area contributed by atoms with Crippen molar-refractivity contribution in [2.45, 2.75) is 39.7 Å². The standard InChI is InChI=1S/C19H21N3O3S/c1-3-4-5-9-22-11-20-18-15(19(22)25)12(2)16(26-18)17(24)21-13-7-6-8-14(23)10-13/h6-8,10-11,23H,3-5,9H2,1-2H3,(H,21,24). The molecule has 3 aromatic rings. The highest BCUT2D eigenvalue weighted by atomic mass is 32.1. The van der Waals surface area contributed by atoms with Crippen LogP contribution in [0, 0.1) is 6.92 Å². The van der Waals surface area contributed by atoms with Gasteiger partial charge in [0.2, 0.25) is 0 Å². The Hall–Kier alpha value is -2.67. The number of anilines is 1. The van der Waals surface area contributed by atoms with E-state index in [0.717, 1.165) is 19.3 Å². The van der Waals surface area contributed by atoms with Crippen LogP contribution in [-0.4, -0.2) is 20.6 Å². The third kappa shape index (κ3) is 3.62. The van der Waals surface area contributed by atoms with Crippen molar-refractivity contribution in [1.29, 1.82) is 0 Å². The van der Waals surface area contributed by atoms with Crippen molar-refractivity contribution in [3.63, 3.8) is 0 Å². The van der Waals surface area contributed by atoms with Crippen LogP contribution in [0.15, 0.2) is 35.4 Å². The Balaban J connectivity index is 1.92. The summed E-state index contributed by atoms with van der Waals surface area (Å²) in [5.74, 6) is -0.236. The molecule has 0 aliphatic heterocycles. The molecule has 6 nitrogen and oxygen atoms in total. The summed E-state index contributed by atoms with van der Waals surface area (Å²) in [5.41, 5.74) is 1.04. The molecule has 2 N–H and O–H groups in total. The molecule has 0 fully saturated rings. The number of benzene rings is 1. The van der Waals surface area contributed by atoms with E-state index in [-0.39, 0.29) is 17.2 Å². The average Bonchev–Trinajstić information content (AvgIpc) is 2.95. The van der Waals surface area contributed by atoms with E-state index in [2.05, 4.69) is 17.2 Å². The van der Waals surface area contributed by atoms with Crippen molar-refractivity contribution in [1.82, 2.24) is 9.55 Å². The van der Waals surface area contributed by atoms with Crippen LogP contribution >= 0.6 is 11.3 Å². The second-order valence-corrected chi connectivity index (χ2v) is 7.19. The lowest BCUT2D eigenvalue weighted by Crippen LogP contribution is -2.20. The fourth-order valence-corrected chi connectivity index (χ4v) is 3.87. The smallest absolute Gasteiger partial charge is 0.266 e. The number of rotatable bonds is 6. The van der Waals surface area contributed by atoms with Crippen LogP contribution in [0.2, 0.25) is 0 Å². The van der Waals surface area contributed by atoms with Crippen molar-refractivity contribution >= 4 is 33.1 Å². The van der Waals surface area contributed by atoms with Gasteiger partial charge in [0.05, 0.1) is 16.6 Å². The topological polar surface area (TPSA) is 84.2 Å². The van der Waals surface area contributed by atoms with Gasteiger partial charge in [0.1, 0.15) is 10.6 Å². The summed E-state index contributed by atoms with van der Waals surface area (Å²) < 4.78 is 1.62. The van der Waals surface area contributed by atoms with Crippen molar-refractivity contribution in [2.24, 2.45) is 0 Å². The van der Waals surface area contributed by atoms with Crippen molar-refractivity contribution in [3.05, 3.63) is 51.4 Å². The Kier molecular flexibility index (Phi) is 5.37. The number of carbonyl (C=O) groups is 1. The number of aryl methyl sites for hydroxylation is 2. The summed E-state index contributed by atoms with van der Waals surface area (Å²) in [6, 6.07) is 6.35. The number of phenolic OH excluding ortho intramolecular Hbond substituents is 1. The number of unbranched alkanes of at least 4 members (excludes halogenated alkanes) is 2. The van der Waals surface area contributed by atoms with Crippen LogP contribution in [0.1, 0.15) is 41.4 Å². The molecule has 136 valence electrons. The molecular formula is C19H21N3O3S. The third-order valence-corrected chi connectivity index (χ3v) is 5.43. The van der Waals surface area contributed by atoms with Crippen molar-refractivity contribution in [2.75, 3.05) is 5.32 Å². The van der Waals surface area contributed by atoms with E-state index < -0.39 is 0 Å². The predicted octanol–water partition coefficient (Wildman–Crippen LogP) is 3.91. The molecule has 3 rings (SSSR count). The molecule has 0 aliphatic rings. The molecule has 0 saturated heterocycles. The SMILES string of the molecule is CCCCCn1cnc2sc(C(=O)Nc3cccc(O)c3)c(C)c2c1=O. The zero-order chi connectivity index (χ0) is 18.7. The maximum atomic E-state index is 12.7. The summed E-state index contributed by atoms with van der Waals surface area (Å²) in [4.78, 5) is 30.7. The molecule has 0 atom stereocenters. The van der Waals surface area contributed by atoms with Crippen LogP contribution < -0.4 is 10.9 Å². The van der Waals surface area contributed by atoms with Crippen LogP contribution in [0.4, 0.5) is 5.69 Å². The minimum atomic E-state index is -0.312. The molecule has 0 unspecified atom stereocenters. The predicted molar refractivity (Wildman–Crippen MR) is 104 cm³/mol. The molecule has 1 amide bonds. The number of carbonyl (C=O) groups excluding carboxylic acids is 1. The Morgan fingerprint density at radius 2 is 2.15 bits per heavy atom. The molecule has 0 spiro atoms. The summed E-state index contributed by atoms with van der Waals surface area (Å²) in [7, 11) is 0. The van der Waals surface area contributed by atoms with E-state index in [9.17, 15) is 14.7 Å². The lowest BCUT2D eigenvalue weighted by Gasteiger charge is -2.05. The highest BCUT2D eigenvalue weighted by molar-refractivity contribution is 7.20. The summed E-state index contributed by atoms with van der Waals surface area (Å²) >= 11 is 1.21. The third-order valence-electron chi connectivity index (χ3n) is 4.23. The van der Waals surface area contributed by atoms with Gasteiger partial charge in [-0.3, -0.25) is 14.2 Å². The van der Waals surface area contributed by atoms with E-state index in [4.69, 9.17) is 0 Å². The molecule has 26 heavy (non-hydrogen) atoms. The fraction of sp³-hybridized carbons (Fsp3) is 0.316. The van der Waals surface area contributed by atoms with Crippen LogP contribution in [-0.2, 0) is 6.54 Å².